The number of imide groups is 1. The van der Waals surface area contributed by atoms with Gasteiger partial charge in [0.25, 0.3) is 11.8 Å². The van der Waals surface area contributed by atoms with E-state index in [2.05, 4.69) is 0 Å². The molecule has 1 unspecified atom stereocenters. The van der Waals surface area contributed by atoms with E-state index in [0.29, 0.717) is 11.3 Å². The number of rotatable bonds is 4. The average molecular weight is 405 g/mol. The van der Waals surface area contributed by atoms with Gasteiger partial charge in [-0.25, -0.2) is 4.90 Å². The fourth-order valence-corrected chi connectivity index (χ4v) is 4.65. The van der Waals surface area contributed by atoms with Gasteiger partial charge in [-0.05, 0) is 51.0 Å². The molecule has 0 bridgehead atoms. The number of carbonyl (C=O) groups is 3. The summed E-state index contributed by atoms with van der Waals surface area (Å²) in [5, 5.41) is 0. The number of carbonyl (C=O) groups excluding carboxylic acids is 3. The molecule has 3 amide bonds. The Morgan fingerprint density at radius 1 is 0.933 bits per heavy atom. The molecule has 2 fully saturated rings. The van der Waals surface area contributed by atoms with Gasteiger partial charge in [-0.15, -0.1) is 0 Å². The third-order valence-electron chi connectivity index (χ3n) is 6.22. The largest absolute Gasteiger partial charge is 0.323 e. The summed E-state index contributed by atoms with van der Waals surface area (Å²) in [6, 6.07) is 14.1. The molecule has 1 saturated carbocycles. The molecule has 1 aliphatic heterocycles. The Labute approximate surface area is 177 Å². The summed E-state index contributed by atoms with van der Waals surface area (Å²) >= 11 is 0. The molecular weight excluding hydrogens is 376 g/mol. The molecule has 4 rings (SSSR count). The van der Waals surface area contributed by atoms with Crippen LogP contribution in [0.3, 0.4) is 0 Å². The highest BCUT2D eigenvalue weighted by molar-refractivity contribution is 6.23. The lowest BCUT2D eigenvalue weighted by Crippen LogP contribution is -2.51. The second-order valence-electron chi connectivity index (χ2n) is 8.50. The summed E-state index contributed by atoms with van der Waals surface area (Å²) in [4.78, 5) is 42.8. The van der Waals surface area contributed by atoms with Gasteiger partial charge in [0, 0.05) is 11.6 Å². The average Bonchev–Trinajstić information content (AvgIpc) is 3.03. The molecule has 5 heteroatoms. The first kappa shape index (κ1) is 20.3. The first-order valence-electron chi connectivity index (χ1n) is 10.8. The van der Waals surface area contributed by atoms with Gasteiger partial charge in [-0.1, -0.05) is 54.7 Å². The summed E-state index contributed by atoms with van der Waals surface area (Å²) in [6.45, 7) is 3.91. The van der Waals surface area contributed by atoms with Gasteiger partial charge in [0.1, 0.15) is 6.04 Å². The van der Waals surface area contributed by atoms with E-state index in [4.69, 9.17) is 0 Å². The van der Waals surface area contributed by atoms with Crippen LogP contribution in [0.15, 0.2) is 48.5 Å². The first-order chi connectivity index (χ1) is 14.5. The minimum absolute atomic E-state index is 0.00789. The van der Waals surface area contributed by atoms with Crippen molar-refractivity contribution in [3.8, 4) is 0 Å². The maximum Gasteiger partial charge on any atom is 0.257 e. The van der Waals surface area contributed by atoms with Crippen LogP contribution in [0.1, 0.15) is 60.0 Å². The molecule has 0 aromatic heterocycles. The molecule has 1 aliphatic carbocycles. The third kappa shape index (κ3) is 3.89. The van der Waals surface area contributed by atoms with E-state index in [0.717, 1.165) is 43.2 Å². The van der Waals surface area contributed by atoms with Gasteiger partial charge >= 0.3 is 0 Å². The summed E-state index contributed by atoms with van der Waals surface area (Å²) in [6.07, 6.45) is 5.02. The Kier molecular flexibility index (Phi) is 5.71. The minimum atomic E-state index is -0.741. The Morgan fingerprint density at radius 2 is 1.63 bits per heavy atom. The Balaban J connectivity index is 1.68. The van der Waals surface area contributed by atoms with Crippen molar-refractivity contribution in [2.24, 2.45) is 0 Å². The van der Waals surface area contributed by atoms with E-state index >= 15 is 0 Å². The van der Waals surface area contributed by atoms with E-state index in [1.54, 1.807) is 23.1 Å². The lowest BCUT2D eigenvalue weighted by atomic mass is 9.92. The standard InChI is InChI=1S/C25H28N2O3/c1-17-11-13-21(14-12-17)27-23(28)16-22(25(27)30)26(20-9-4-3-5-10-20)24(29)19-8-6-7-18(2)15-19/h6-8,11-15,20,22H,3-5,9-10,16H2,1-2H3. The fourth-order valence-electron chi connectivity index (χ4n) is 4.65. The molecule has 0 N–H and O–H groups in total. The van der Waals surface area contributed by atoms with Crippen molar-refractivity contribution < 1.29 is 14.4 Å². The summed E-state index contributed by atoms with van der Waals surface area (Å²) in [5.74, 6) is -0.690. The highest BCUT2D eigenvalue weighted by atomic mass is 16.2. The number of benzene rings is 2. The van der Waals surface area contributed by atoms with Crippen LogP contribution in [0.2, 0.25) is 0 Å². The molecular formula is C25H28N2O3. The highest BCUT2D eigenvalue weighted by Crippen LogP contribution is 2.32. The SMILES string of the molecule is Cc1ccc(N2C(=O)CC(N(C(=O)c3cccc(C)c3)C3CCCCC3)C2=O)cc1. The van der Waals surface area contributed by atoms with Crippen molar-refractivity contribution in [1.82, 2.24) is 4.90 Å². The summed E-state index contributed by atoms with van der Waals surface area (Å²) < 4.78 is 0. The van der Waals surface area contributed by atoms with Crippen LogP contribution < -0.4 is 4.90 Å². The second kappa shape index (κ2) is 8.42. The highest BCUT2D eigenvalue weighted by Gasteiger charge is 2.46. The quantitative estimate of drug-likeness (QED) is 0.709. The van der Waals surface area contributed by atoms with Gasteiger partial charge in [-0.3, -0.25) is 14.4 Å². The van der Waals surface area contributed by atoms with Crippen LogP contribution in [0.25, 0.3) is 0 Å². The zero-order valence-corrected chi connectivity index (χ0v) is 17.6. The van der Waals surface area contributed by atoms with Gasteiger partial charge in [0.2, 0.25) is 5.91 Å². The van der Waals surface area contributed by atoms with E-state index in [-0.39, 0.29) is 30.2 Å². The van der Waals surface area contributed by atoms with E-state index in [1.165, 1.54) is 4.90 Å². The molecule has 0 radical (unpaired) electrons. The zero-order valence-electron chi connectivity index (χ0n) is 17.6. The predicted molar refractivity (Wildman–Crippen MR) is 116 cm³/mol. The smallest absolute Gasteiger partial charge is 0.257 e. The number of aryl methyl sites for hydroxylation is 2. The molecule has 2 aliphatic rings. The van der Waals surface area contributed by atoms with Crippen LogP contribution >= 0.6 is 0 Å². The van der Waals surface area contributed by atoms with Crippen LogP contribution in [0, 0.1) is 13.8 Å². The topological polar surface area (TPSA) is 57.7 Å². The van der Waals surface area contributed by atoms with Crippen molar-refractivity contribution in [3.05, 3.63) is 65.2 Å². The Morgan fingerprint density at radius 3 is 2.30 bits per heavy atom. The number of hydrogen-bond donors (Lipinski definition) is 0. The monoisotopic (exact) mass is 404 g/mol. The van der Waals surface area contributed by atoms with E-state index in [9.17, 15) is 14.4 Å². The molecule has 30 heavy (non-hydrogen) atoms. The zero-order chi connectivity index (χ0) is 21.3. The lowest BCUT2D eigenvalue weighted by Gasteiger charge is -2.37. The van der Waals surface area contributed by atoms with Gasteiger partial charge < -0.3 is 4.90 Å². The van der Waals surface area contributed by atoms with Crippen molar-refractivity contribution in [3.63, 3.8) is 0 Å². The van der Waals surface area contributed by atoms with Crippen molar-refractivity contribution >= 4 is 23.4 Å². The second-order valence-corrected chi connectivity index (χ2v) is 8.50. The number of hydrogen-bond acceptors (Lipinski definition) is 3. The number of anilines is 1. The third-order valence-corrected chi connectivity index (χ3v) is 6.22. The maximum atomic E-state index is 13.6. The minimum Gasteiger partial charge on any atom is -0.323 e. The van der Waals surface area contributed by atoms with Gasteiger partial charge in [0.05, 0.1) is 12.1 Å². The maximum absolute atomic E-state index is 13.6. The van der Waals surface area contributed by atoms with Crippen molar-refractivity contribution in [2.45, 2.75) is 64.5 Å². The molecule has 1 heterocycles. The van der Waals surface area contributed by atoms with Crippen LogP contribution in [0.4, 0.5) is 5.69 Å². The molecule has 1 saturated heterocycles. The number of nitrogens with zero attached hydrogens (tertiary/aromatic N) is 2. The first-order valence-corrected chi connectivity index (χ1v) is 10.8. The van der Waals surface area contributed by atoms with Crippen LogP contribution in [-0.2, 0) is 9.59 Å². The van der Waals surface area contributed by atoms with Crippen LogP contribution in [0.5, 0.6) is 0 Å². The molecule has 156 valence electrons. The number of amides is 3. The van der Waals surface area contributed by atoms with Crippen molar-refractivity contribution in [2.75, 3.05) is 4.90 Å². The van der Waals surface area contributed by atoms with Gasteiger partial charge in [0.15, 0.2) is 0 Å². The predicted octanol–water partition coefficient (Wildman–Crippen LogP) is 4.41. The molecule has 1 atom stereocenters. The molecule has 2 aromatic rings. The fraction of sp³-hybridized carbons (Fsp3) is 0.400. The molecule has 2 aromatic carbocycles. The normalized spacial score (nSPS) is 19.9. The van der Waals surface area contributed by atoms with E-state index in [1.807, 2.05) is 44.2 Å². The van der Waals surface area contributed by atoms with E-state index < -0.39 is 6.04 Å². The van der Waals surface area contributed by atoms with Crippen molar-refractivity contribution in [1.29, 1.82) is 0 Å². The van der Waals surface area contributed by atoms with Crippen LogP contribution in [-0.4, -0.2) is 34.7 Å². The summed E-state index contributed by atoms with van der Waals surface area (Å²) in [7, 11) is 0. The molecule has 0 spiro atoms. The molecule has 5 nitrogen and oxygen atoms in total. The summed E-state index contributed by atoms with van der Waals surface area (Å²) in [5.41, 5.74) is 3.21. The Bertz CT molecular complexity index is 961. The van der Waals surface area contributed by atoms with Gasteiger partial charge in [-0.2, -0.15) is 0 Å². The lowest BCUT2D eigenvalue weighted by molar-refractivity contribution is -0.123. The Hall–Kier alpha value is -2.95.